The Hall–Kier alpha value is -2.54. The SMILES string of the molecule is O=C(CSc1ccc(NC(=O)c2ccc(F)cc2)cc1)Nc1cc(Cl)ccc1Cl. The Labute approximate surface area is 181 Å². The molecule has 0 saturated heterocycles. The molecular weight excluding hydrogens is 434 g/mol. The number of carbonyl (C=O) groups is 2. The largest absolute Gasteiger partial charge is 0.324 e. The Morgan fingerprint density at radius 1 is 0.897 bits per heavy atom. The van der Waals surface area contributed by atoms with E-state index in [-0.39, 0.29) is 17.6 Å². The van der Waals surface area contributed by atoms with Crippen molar-refractivity contribution in [2.24, 2.45) is 0 Å². The smallest absolute Gasteiger partial charge is 0.255 e. The summed E-state index contributed by atoms with van der Waals surface area (Å²) in [7, 11) is 0. The summed E-state index contributed by atoms with van der Waals surface area (Å²) in [6.45, 7) is 0. The lowest BCUT2D eigenvalue weighted by Crippen LogP contribution is -2.14. The number of rotatable bonds is 6. The number of hydrogen-bond acceptors (Lipinski definition) is 3. The maximum atomic E-state index is 12.9. The van der Waals surface area contributed by atoms with Crippen molar-refractivity contribution in [1.29, 1.82) is 0 Å². The van der Waals surface area contributed by atoms with E-state index in [1.807, 2.05) is 0 Å². The highest BCUT2D eigenvalue weighted by Crippen LogP contribution is 2.26. The van der Waals surface area contributed by atoms with Crippen molar-refractivity contribution in [1.82, 2.24) is 0 Å². The zero-order valence-electron chi connectivity index (χ0n) is 14.9. The molecule has 0 radical (unpaired) electrons. The second-order valence-corrected chi connectivity index (χ2v) is 7.84. The molecular formula is C21H15Cl2FN2O2S. The number of halogens is 3. The molecule has 0 aliphatic heterocycles. The lowest BCUT2D eigenvalue weighted by Gasteiger charge is -2.08. The molecule has 3 aromatic carbocycles. The van der Waals surface area contributed by atoms with E-state index in [9.17, 15) is 14.0 Å². The lowest BCUT2D eigenvalue weighted by atomic mass is 10.2. The molecule has 29 heavy (non-hydrogen) atoms. The molecule has 0 unspecified atom stereocenters. The molecule has 0 aromatic heterocycles. The van der Waals surface area contributed by atoms with Gasteiger partial charge in [-0.25, -0.2) is 4.39 Å². The Morgan fingerprint density at radius 2 is 1.59 bits per heavy atom. The van der Waals surface area contributed by atoms with Crippen LogP contribution in [0.4, 0.5) is 15.8 Å². The normalized spacial score (nSPS) is 10.4. The standard InChI is InChI=1S/C21H15Cl2FN2O2S/c22-14-3-10-18(23)19(11-14)26-20(27)12-29-17-8-6-16(7-9-17)25-21(28)13-1-4-15(24)5-2-13/h1-11H,12H2,(H,25,28)(H,26,27). The summed E-state index contributed by atoms with van der Waals surface area (Å²) in [4.78, 5) is 25.1. The van der Waals surface area contributed by atoms with Gasteiger partial charge in [-0.05, 0) is 66.7 Å². The van der Waals surface area contributed by atoms with E-state index in [1.165, 1.54) is 36.0 Å². The second-order valence-electron chi connectivity index (χ2n) is 5.95. The third kappa shape index (κ3) is 6.22. The number of nitrogens with one attached hydrogen (secondary N) is 2. The molecule has 2 N–H and O–H groups in total. The minimum atomic E-state index is -0.399. The van der Waals surface area contributed by atoms with E-state index in [1.54, 1.807) is 42.5 Å². The van der Waals surface area contributed by atoms with Gasteiger partial charge in [0.25, 0.3) is 5.91 Å². The number of thioether (sulfide) groups is 1. The number of carbonyl (C=O) groups excluding carboxylic acids is 2. The van der Waals surface area contributed by atoms with Gasteiger partial charge in [0.1, 0.15) is 5.82 Å². The molecule has 3 rings (SSSR count). The molecule has 0 aliphatic rings. The average molecular weight is 449 g/mol. The minimum Gasteiger partial charge on any atom is -0.324 e. The van der Waals surface area contributed by atoms with Gasteiger partial charge < -0.3 is 10.6 Å². The average Bonchev–Trinajstić information content (AvgIpc) is 2.70. The van der Waals surface area contributed by atoms with Crippen LogP contribution in [0.25, 0.3) is 0 Å². The summed E-state index contributed by atoms with van der Waals surface area (Å²) in [6.07, 6.45) is 0. The summed E-state index contributed by atoms with van der Waals surface area (Å²) in [5.74, 6) is -0.759. The van der Waals surface area contributed by atoms with Crippen LogP contribution < -0.4 is 10.6 Å². The Balaban J connectivity index is 1.52. The second kappa shape index (κ2) is 9.78. The fraction of sp³-hybridized carbons (Fsp3) is 0.0476. The number of benzene rings is 3. The number of anilines is 2. The summed E-state index contributed by atoms with van der Waals surface area (Å²) < 4.78 is 12.9. The quantitative estimate of drug-likeness (QED) is 0.446. The fourth-order valence-electron chi connectivity index (χ4n) is 2.37. The van der Waals surface area contributed by atoms with Gasteiger partial charge in [-0.15, -0.1) is 11.8 Å². The fourth-order valence-corrected chi connectivity index (χ4v) is 3.40. The highest BCUT2D eigenvalue weighted by Gasteiger charge is 2.09. The molecule has 8 heteroatoms. The van der Waals surface area contributed by atoms with Crippen LogP contribution in [0.15, 0.2) is 71.6 Å². The van der Waals surface area contributed by atoms with Crippen LogP contribution in [0.5, 0.6) is 0 Å². The molecule has 0 saturated carbocycles. The van der Waals surface area contributed by atoms with Gasteiger partial charge >= 0.3 is 0 Å². The first kappa shape index (κ1) is 21.2. The molecule has 148 valence electrons. The highest BCUT2D eigenvalue weighted by molar-refractivity contribution is 8.00. The van der Waals surface area contributed by atoms with Crippen molar-refractivity contribution >= 4 is 58.2 Å². The van der Waals surface area contributed by atoms with Crippen LogP contribution in [0, 0.1) is 5.82 Å². The van der Waals surface area contributed by atoms with Gasteiger partial charge in [0.2, 0.25) is 5.91 Å². The van der Waals surface area contributed by atoms with Gasteiger partial charge in [0.15, 0.2) is 0 Å². The van der Waals surface area contributed by atoms with Crippen molar-refractivity contribution in [3.05, 3.63) is 88.2 Å². The zero-order valence-corrected chi connectivity index (χ0v) is 17.2. The molecule has 4 nitrogen and oxygen atoms in total. The first-order valence-corrected chi connectivity index (χ1v) is 10.2. The van der Waals surface area contributed by atoms with Crippen molar-refractivity contribution in [2.45, 2.75) is 4.90 Å². The van der Waals surface area contributed by atoms with E-state index in [0.717, 1.165) is 4.90 Å². The van der Waals surface area contributed by atoms with E-state index >= 15 is 0 Å². The van der Waals surface area contributed by atoms with Crippen LogP contribution in [0.3, 0.4) is 0 Å². The molecule has 3 aromatic rings. The van der Waals surface area contributed by atoms with Crippen LogP contribution in [0.2, 0.25) is 10.0 Å². The molecule has 2 amide bonds. The van der Waals surface area contributed by atoms with Crippen molar-refractivity contribution in [2.75, 3.05) is 16.4 Å². The summed E-state index contributed by atoms with van der Waals surface area (Å²) in [5.41, 5.74) is 1.42. The zero-order chi connectivity index (χ0) is 20.8. The molecule has 0 bridgehead atoms. The van der Waals surface area contributed by atoms with Crippen LogP contribution in [-0.2, 0) is 4.79 Å². The molecule has 0 spiro atoms. The van der Waals surface area contributed by atoms with Gasteiger partial charge in [0.05, 0.1) is 16.5 Å². The lowest BCUT2D eigenvalue weighted by molar-refractivity contribution is -0.113. The molecule has 0 atom stereocenters. The molecule has 0 fully saturated rings. The van der Waals surface area contributed by atoms with Crippen molar-refractivity contribution < 1.29 is 14.0 Å². The Kier molecular flexibility index (Phi) is 7.14. The van der Waals surface area contributed by atoms with Crippen LogP contribution >= 0.6 is 35.0 Å². The number of hydrogen-bond donors (Lipinski definition) is 2. The Morgan fingerprint density at radius 3 is 2.28 bits per heavy atom. The Bertz CT molecular complexity index is 1030. The maximum Gasteiger partial charge on any atom is 0.255 e. The van der Waals surface area contributed by atoms with E-state index in [4.69, 9.17) is 23.2 Å². The third-order valence-electron chi connectivity index (χ3n) is 3.79. The first-order chi connectivity index (χ1) is 13.9. The highest BCUT2D eigenvalue weighted by atomic mass is 35.5. The van der Waals surface area contributed by atoms with Crippen molar-refractivity contribution in [3.8, 4) is 0 Å². The van der Waals surface area contributed by atoms with Crippen LogP contribution in [0.1, 0.15) is 10.4 Å². The van der Waals surface area contributed by atoms with Gasteiger partial charge in [-0.3, -0.25) is 9.59 Å². The van der Waals surface area contributed by atoms with Crippen molar-refractivity contribution in [3.63, 3.8) is 0 Å². The summed E-state index contributed by atoms with van der Waals surface area (Å²) in [6, 6.07) is 17.2. The van der Waals surface area contributed by atoms with E-state index < -0.39 is 5.82 Å². The predicted molar refractivity (Wildman–Crippen MR) is 117 cm³/mol. The van der Waals surface area contributed by atoms with E-state index in [2.05, 4.69) is 10.6 Å². The van der Waals surface area contributed by atoms with Gasteiger partial charge in [-0.2, -0.15) is 0 Å². The van der Waals surface area contributed by atoms with Crippen LogP contribution in [-0.4, -0.2) is 17.6 Å². The first-order valence-electron chi connectivity index (χ1n) is 8.45. The monoisotopic (exact) mass is 448 g/mol. The number of amides is 2. The maximum absolute atomic E-state index is 12.9. The van der Waals surface area contributed by atoms with E-state index in [0.29, 0.717) is 27.0 Å². The summed E-state index contributed by atoms with van der Waals surface area (Å²) >= 11 is 13.3. The minimum absolute atomic E-state index is 0.185. The van der Waals surface area contributed by atoms with Gasteiger partial charge in [0, 0.05) is 21.2 Å². The molecule has 0 aliphatic carbocycles. The molecule has 0 heterocycles. The third-order valence-corrected chi connectivity index (χ3v) is 5.37. The topological polar surface area (TPSA) is 58.2 Å². The summed E-state index contributed by atoms with van der Waals surface area (Å²) in [5, 5.41) is 6.35. The predicted octanol–water partition coefficient (Wildman–Crippen LogP) is 6.12. The van der Waals surface area contributed by atoms with Gasteiger partial charge in [-0.1, -0.05) is 23.2 Å².